The summed E-state index contributed by atoms with van der Waals surface area (Å²) in [7, 11) is -3.69. The standard InChI is InChI=1S/C20H24N2O4S/c23-19-13-21(12-11-17-7-3-1-4-8-17)20(24)15-22(14-19)27(25,26)16-18-9-5-2-6-10-18/h1-10,19,23H,11-16H2. The first-order chi connectivity index (χ1) is 12.9. The molecular formula is C20H24N2O4S. The summed E-state index contributed by atoms with van der Waals surface area (Å²) in [6.07, 6.45) is -0.242. The Morgan fingerprint density at radius 3 is 2.22 bits per heavy atom. The van der Waals surface area contributed by atoms with Crippen molar-refractivity contribution in [1.82, 2.24) is 9.21 Å². The zero-order valence-electron chi connectivity index (χ0n) is 15.1. The number of sulfonamides is 1. The molecule has 0 aliphatic carbocycles. The van der Waals surface area contributed by atoms with E-state index in [4.69, 9.17) is 0 Å². The van der Waals surface area contributed by atoms with Gasteiger partial charge in [-0.25, -0.2) is 0 Å². The van der Waals surface area contributed by atoms with Gasteiger partial charge in [0.05, 0.1) is 12.6 Å². The molecule has 1 aliphatic rings. The Kier molecular flexibility index (Phi) is 6.38. The molecule has 7 heteroatoms. The Morgan fingerprint density at radius 2 is 1.59 bits per heavy atom. The number of β-amino-alcohol motifs (C(OH)–C–C–N with tert-alkyl or cyclic N) is 1. The van der Waals surface area contributed by atoms with E-state index >= 15 is 0 Å². The first-order valence-electron chi connectivity index (χ1n) is 8.95. The van der Waals surface area contributed by atoms with Crippen molar-refractivity contribution in [1.29, 1.82) is 0 Å². The van der Waals surface area contributed by atoms with Crippen LogP contribution in [-0.4, -0.2) is 57.1 Å². The van der Waals surface area contributed by atoms with Crippen LogP contribution in [0.25, 0.3) is 0 Å². The maximum absolute atomic E-state index is 12.7. The SMILES string of the molecule is O=C1CN([S+](=O)([O-])Cc2ccccc2)CC(O)CN1CCc1ccccc1. The van der Waals surface area contributed by atoms with Gasteiger partial charge >= 0.3 is 0 Å². The molecule has 1 amide bonds. The molecule has 0 spiro atoms. The Hall–Kier alpha value is -2.06. The second-order valence-corrected chi connectivity index (χ2v) is 8.73. The molecule has 2 atom stereocenters. The van der Waals surface area contributed by atoms with Gasteiger partial charge in [-0.1, -0.05) is 64.9 Å². The minimum absolute atomic E-state index is 0.0667. The van der Waals surface area contributed by atoms with E-state index in [9.17, 15) is 18.7 Å². The van der Waals surface area contributed by atoms with E-state index in [1.165, 1.54) is 0 Å². The van der Waals surface area contributed by atoms with Crippen molar-refractivity contribution in [3.05, 3.63) is 71.8 Å². The average molecular weight is 388 g/mol. The molecule has 3 rings (SSSR count). The van der Waals surface area contributed by atoms with Crippen LogP contribution in [0, 0.1) is 0 Å². The van der Waals surface area contributed by atoms with Crippen molar-refractivity contribution in [2.24, 2.45) is 0 Å². The van der Waals surface area contributed by atoms with E-state index in [0.29, 0.717) is 18.5 Å². The molecule has 1 N–H and O–H groups in total. The summed E-state index contributed by atoms with van der Waals surface area (Å²) in [6, 6.07) is 18.6. The van der Waals surface area contributed by atoms with Crippen molar-refractivity contribution < 1.29 is 18.7 Å². The van der Waals surface area contributed by atoms with E-state index in [1.54, 1.807) is 29.2 Å². The molecule has 2 aromatic carbocycles. The number of aliphatic hydroxyl groups is 1. The van der Waals surface area contributed by atoms with Gasteiger partial charge < -0.3 is 14.6 Å². The molecule has 1 fully saturated rings. The largest absolute Gasteiger partial charge is 0.597 e. The van der Waals surface area contributed by atoms with E-state index in [1.807, 2.05) is 36.4 Å². The van der Waals surface area contributed by atoms with Crippen molar-refractivity contribution in [3.63, 3.8) is 0 Å². The van der Waals surface area contributed by atoms with Crippen LogP contribution in [0.15, 0.2) is 60.7 Å². The van der Waals surface area contributed by atoms with Gasteiger partial charge in [0.25, 0.3) is 0 Å². The fraction of sp³-hybridized carbons (Fsp3) is 0.350. The van der Waals surface area contributed by atoms with Crippen LogP contribution in [0.4, 0.5) is 0 Å². The molecule has 27 heavy (non-hydrogen) atoms. The summed E-state index contributed by atoms with van der Waals surface area (Å²) in [5, 5.41) is 10.3. The van der Waals surface area contributed by atoms with Gasteiger partial charge in [0.2, 0.25) is 5.91 Å². The molecule has 6 nitrogen and oxygen atoms in total. The van der Waals surface area contributed by atoms with Gasteiger partial charge in [0.1, 0.15) is 16.9 Å². The zero-order chi connectivity index (χ0) is 19.3. The van der Waals surface area contributed by atoms with Crippen molar-refractivity contribution in [2.45, 2.75) is 18.3 Å². The number of carbonyl (C=O) groups is 1. The van der Waals surface area contributed by atoms with E-state index in [0.717, 1.165) is 9.87 Å². The van der Waals surface area contributed by atoms with Gasteiger partial charge in [0, 0.05) is 18.7 Å². The van der Waals surface area contributed by atoms with Crippen LogP contribution in [0.5, 0.6) is 0 Å². The zero-order valence-corrected chi connectivity index (χ0v) is 15.9. The normalized spacial score (nSPS) is 20.9. The summed E-state index contributed by atoms with van der Waals surface area (Å²) in [5.74, 6) is -0.461. The maximum Gasteiger partial charge on any atom is 0.241 e. The Bertz CT molecular complexity index is 800. The van der Waals surface area contributed by atoms with Crippen LogP contribution in [0.1, 0.15) is 11.1 Å². The third-order valence-electron chi connectivity index (χ3n) is 4.61. The third-order valence-corrected chi connectivity index (χ3v) is 6.37. The molecule has 2 unspecified atom stereocenters. The van der Waals surface area contributed by atoms with Gasteiger partial charge in [-0.2, -0.15) is 0 Å². The molecule has 1 aliphatic heterocycles. The Balaban J connectivity index is 1.66. The smallest absolute Gasteiger partial charge is 0.241 e. The minimum Gasteiger partial charge on any atom is -0.597 e. The van der Waals surface area contributed by atoms with Crippen molar-refractivity contribution in [2.75, 3.05) is 26.2 Å². The number of hydrogen-bond donors (Lipinski definition) is 1. The topological polar surface area (TPSA) is 83.9 Å². The fourth-order valence-electron chi connectivity index (χ4n) is 3.18. The summed E-state index contributed by atoms with van der Waals surface area (Å²) >= 11 is 0. The fourth-order valence-corrected chi connectivity index (χ4v) is 4.68. The van der Waals surface area contributed by atoms with Gasteiger partial charge in [-0.3, -0.25) is 4.79 Å². The average Bonchev–Trinajstić information content (AvgIpc) is 2.80. The lowest BCUT2D eigenvalue weighted by atomic mass is 10.1. The van der Waals surface area contributed by atoms with Crippen molar-refractivity contribution in [3.8, 4) is 0 Å². The van der Waals surface area contributed by atoms with E-state index < -0.39 is 16.5 Å². The molecule has 0 aromatic heterocycles. The predicted octanol–water partition coefficient (Wildman–Crippen LogP) is 1.48. The van der Waals surface area contributed by atoms with E-state index in [2.05, 4.69) is 0 Å². The maximum atomic E-state index is 12.7. The summed E-state index contributed by atoms with van der Waals surface area (Å²) in [6.45, 7) is 0.291. The lowest BCUT2D eigenvalue weighted by Gasteiger charge is -2.26. The van der Waals surface area contributed by atoms with Crippen LogP contribution < -0.4 is 0 Å². The number of carbonyl (C=O) groups excluding carboxylic acids is 1. The summed E-state index contributed by atoms with van der Waals surface area (Å²) in [5.41, 5.74) is 1.75. The van der Waals surface area contributed by atoms with Crippen LogP contribution >= 0.6 is 0 Å². The molecule has 2 aromatic rings. The molecular weight excluding hydrogens is 364 g/mol. The first kappa shape index (κ1) is 19.7. The second-order valence-electron chi connectivity index (χ2n) is 6.76. The number of rotatable bonds is 6. The molecule has 0 bridgehead atoms. The molecule has 1 saturated heterocycles. The van der Waals surface area contributed by atoms with Crippen LogP contribution in [-0.2, 0) is 31.6 Å². The highest BCUT2D eigenvalue weighted by molar-refractivity contribution is 7.94. The Labute approximate surface area is 160 Å². The summed E-state index contributed by atoms with van der Waals surface area (Å²) in [4.78, 5) is 14.2. The lowest BCUT2D eigenvalue weighted by Crippen LogP contribution is -2.43. The minimum atomic E-state index is -3.69. The monoisotopic (exact) mass is 388 g/mol. The molecule has 0 radical (unpaired) electrons. The molecule has 1 heterocycles. The number of aliphatic hydroxyl groups excluding tert-OH is 1. The van der Waals surface area contributed by atoms with E-state index in [-0.39, 0.29) is 31.3 Å². The quantitative estimate of drug-likeness (QED) is 0.760. The van der Waals surface area contributed by atoms with Crippen LogP contribution in [0.3, 0.4) is 0 Å². The highest BCUT2D eigenvalue weighted by Crippen LogP contribution is 2.19. The number of nitrogens with zero attached hydrogens (tertiary/aromatic N) is 2. The second kappa shape index (κ2) is 8.75. The number of amides is 1. The highest BCUT2D eigenvalue weighted by atomic mass is 32.3. The van der Waals surface area contributed by atoms with Gasteiger partial charge in [-0.05, 0) is 12.0 Å². The molecule has 0 saturated carbocycles. The van der Waals surface area contributed by atoms with Crippen LogP contribution in [0.2, 0.25) is 0 Å². The summed E-state index contributed by atoms with van der Waals surface area (Å²) < 4.78 is 26.6. The highest BCUT2D eigenvalue weighted by Gasteiger charge is 2.36. The first-order valence-corrected chi connectivity index (χ1v) is 10.6. The van der Waals surface area contributed by atoms with Gasteiger partial charge in [0.15, 0.2) is 5.75 Å². The number of benzene rings is 2. The number of hydrogen-bond acceptors (Lipinski definition) is 4. The lowest BCUT2D eigenvalue weighted by molar-refractivity contribution is -0.131. The predicted molar refractivity (Wildman–Crippen MR) is 103 cm³/mol. The molecule has 144 valence electrons. The van der Waals surface area contributed by atoms with Gasteiger partial charge in [-0.15, -0.1) is 4.31 Å². The van der Waals surface area contributed by atoms with Crippen molar-refractivity contribution >= 4 is 16.3 Å². The Morgan fingerprint density at radius 1 is 1.00 bits per heavy atom. The third kappa shape index (κ3) is 5.46.